The second-order valence-electron chi connectivity index (χ2n) is 3.82. The zero-order chi connectivity index (χ0) is 13.5. The molecule has 0 radical (unpaired) electrons. The van der Waals surface area contributed by atoms with Crippen molar-refractivity contribution in [2.24, 2.45) is 0 Å². The molecule has 1 atom stereocenters. The maximum absolute atomic E-state index is 12.1. The Labute approximate surface area is 120 Å². The first-order valence-corrected chi connectivity index (χ1v) is 7.36. The first-order chi connectivity index (χ1) is 9.27. The van der Waals surface area contributed by atoms with Crippen LogP contribution in [0.1, 0.15) is 5.56 Å². The Bertz CT molecular complexity index is 603. The summed E-state index contributed by atoms with van der Waals surface area (Å²) in [5.41, 5.74) is 1.08. The molecule has 2 aromatic rings. The lowest BCUT2D eigenvalue weighted by atomic mass is 10.2. The molecule has 0 aromatic heterocycles. The molecule has 0 aliphatic rings. The molecule has 0 fully saturated rings. The summed E-state index contributed by atoms with van der Waals surface area (Å²) in [6, 6.07) is 19.0. The smallest absolute Gasteiger partial charge is 0.109 e. The molecule has 1 unspecified atom stereocenters. The molecule has 0 spiro atoms. The quantitative estimate of drug-likeness (QED) is 0.752. The SMILES string of the molecule is O=S(/C(Cl)=C/C=C/c1ccccc1)c1ccccc1. The van der Waals surface area contributed by atoms with E-state index in [1.54, 1.807) is 24.3 Å². The number of halogens is 1. The second-order valence-corrected chi connectivity index (χ2v) is 5.90. The average molecular weight is 289 g/mol. The van der Waals surface area contributed by atoms with E-state index in [9.17, 15) is 4.21 Å². The highest BCUT2D eigenvalue weighted by Gasteiger charge is 2.05. The zero-order valence-corrected chi connectivity index (χ0v) is 11.8. The predicted molar refractivity (Wildman–Crippen MR) is 82.3 cm³/mol. The first kappa shape index (κ1) is 13.8. The van der Waals surface area contributed by atoms with Crippen molar-refractivity contribution in [2.75, 3.05) is 0 Å². The molecule has 0 bridgehead atoms. The Morgan fingerprint density at radius 1 is 0.947 bits per heavy atom. The van der Waals surface area contributed by atoms with Crippen LogP contribution in [0.5, 0.6) is 0 Å². The number of allylic oxidation sites excluding steroid dienone is 2. The number of hydrogen-bond donors (Lipinski definition) is 0. The second kappa shape index (κ2) is 7.07. The number of rotatable bonds is 4. The van der Waals surface area contributed by atoms with Crippen molar-refractivity contribution in [2.45, 2.75) is 4.90 Å². The average Bonchev–Trinajstić information content (AvgIpc) is 2.48. The molecular weight excluding hydrogens is 276 g/mol. The molecule has 3 heteroatoms. The molecule has 96 valence electrons. The maximum atomic E-state index is 12.1. The van der Waals surface area contributed by atoms with Gasteiger partial charge in [0.1, 0.15) is 4.36 Å². The van der Waals surface area contributed by atoms with Crippen molar-refractivity contribution >= 4 is 28.5 Å². The van der Waals surface area contributed by atoms with Gasteiger partial charge in [-0.2, -0.15) is 0 Å². The van der Waals surface area contributed by atoms with E-state index in [2.05, 4.69) is 0 Å². The van der Waals surface area contributed by atoms with Crippen molar-refractivity contribution in [1.82, 2.24) is 0 Å². The van der Waals surface area contributed by atoms with Crippen LogP contribution < -0.4 is 0 Å². The largest absolute Gasteiger partial charge is 0.248 e. The van der Waals surface area contributed by atoms with E-state index in [0.29, 0.717) is 9.26 Å². The number of benzene rings is 2. The van der Waals surface area contributed by atoms with E-state index >= 15 is 0 Å². The Morgan fingerprint density at radius 3 is 2.16 bits per heavy atom. The maximum Gasteiger partial charge on any atom is 0.109 e. The Hall–Kier alpha value is -1.64. The topological polar surface area (TPSA) is 17.1 Å². The van der Waals surface area contributed by atoms with Gasteiger partial charge in [-0.1, -0.05) is 72.3 Å². The zero-order valence-electron chi connectivity index (χ0n) is 10.2. The highest BCUT2D eigenvalue weighted by Crippen LogP contribution is 2.17. The minimum atomic E-state index is -1.31. The molecule has 2 rings (SSSR count). The minimum absolute atomic E-state index is 0.318. The summed E-state index contributed by atoms with van der Waals surface area (Å²) in [5, 5.41) is 0. The van der Waals surface area contributed by atoms with Gasteiger partial charge in [-0.3, -0.25) is 0 Å². The summed E-state index contributed by atoms with van der Waals surface area (Å²) in [4.78, 5) is 0.705. The number of hydrogen-bond acceptors (Lipinski definition) is 1. The molecule has 2 aromatic carbocycles. The van der Waals surface area contributed by atoms with Gasteiger partial charge in [-0.05, 0) is 23.8 Å². The van der Waals surface area contributed by atoms with Crippen LogP contribution in [0.3, 0.4) is 0 Å². The third-order valence-electron chi connectivity index (χ3n) is 2.45. The van der Waals surface area contributed by atoms with Crippen LogP contribution in [-0.2, 0) is 10.8 Å². The van der Waals surface area contributed by atoms with Crippen LogP contribution >= 0.6 is 11.6 Å². The van der Waals surface area contributed by atoms with Crippen LogP contribution in [0.2, 0.25) is 0 Å². The summed E-state index contributed by atoms with van der Waals surface area (Å²) >= 11 is 6.04. The predicted octanol–water partition coefficient (Wildman–Crippen LogP) is 4.59. The monoisotopic (exact) mass is 288 g/mol. The van der Waals surface area contributed by atoms with E-state index in [1.165, 1.54) is 0 Å². The van der Waals surface area contributed by atoms with Crippen LogP contribution in [0.15, 0.2) is 82.1 Å². The van der Waals surface area contributed by atoms with E-state index in [-0.39, 0.29) is 0 Å². The molecule has 0 N–H and O–H groups in total. The fourth-order valence-electron chi connectivity index (χ4n) is 1.52. The van der Waals surface area contributed by atoms with Gasteiger partial charge in [-0.25, -0.2) is 4.21 Å². The molecule has 0 heterocycles. The molecular formula is C16H13ClOS. The van der Waals surface area contributed by atoms with Crippen molar-refractivity contribution in [3.8, 4) is 0 Å². The highest BCUT2D eigenvalue weighted by molar-refractivity contribution is 7.90. The summed E-state index contributed by atoms with van der Waals surface area (Å²) in [6.45, 7) is 0. The van der Waals surface area contributed by atoms with Crippen LogP contribution in [0.4, 0.5) is 0 Å². The molecule has 0 aliphatic heterocycles. The van der Waals surface area contributed by atoms with Crippen LogP contribution in [0, 0.1) is 0 Å². The molecule has 0 amide bonds. The molecule has 1 nitrogen and oxygen atoms in total. The van der Waals surface area contributed by atoms with Crippen molar-refractivity contribution in [3.63, 3.8) is 0 Å². The third kappa shape index (κ3) is 4.19. The molecule has 19 heavy (non-hydrogen) atoms. The summed E-state index contributed by atoms with van der Waals surface area (Å²) < 4.78 is 12.4. The highest BCUT2D eigenvalue weighted by atomic mass is 35.5. The Kier molecular flexibility index (Phi) is 5.13. The van der Waals surface area contributed by atoms with Gasteiger partial charge in [0.15, 0.2) is 0 Å². The molecule has 0 saturated carbocycles. The van der Waals surface area contributed by atoms with Crippen molar-refractivity contribution in [3.05, 3.63) is 82.7 Å². The van der Waals surface area contributed by atoms with Gasteiger partial charge < -0.3 is 0 Å². The summed E-state index contributed by atoms with van der Waals surface area (Å²) in [5.74, 6) is 0. The van der Waals surface area contributed by atoms with Gasteiger partial charge >= 0.3 is 0 Å². The lowest BCUT2D eigenvalue weighted by Crippen LogP contribution is -1.89. The van der Waals surface area contributed by atoms with Gasteiger partial charge in [0.05, 0.1) is 10.8 Å². The van der Waals surface area contributed by atoms with Crippen molar-refractivity contribution in [1.29, 1.82) is 0 Å². The van der Waals surface area contributed by atoms with E-state index in [1.807, 2.05) is 54.6 Å². The van der Waals surface area contributed by atoms with E-state index in [4.69, 9.17) is 11.6 Å². The third-order valence-corrected chi connectivity index (χ3v) is 4.19. The van der Waals surface area contributed by atoms with Gasteiger partial charge in [0, 0.05) is 4.90 Å². The van der Waals surface area contributed by atoms with E-state index in [0.717, 1.165) is 5.56 Å². The lowest BCUT2D eigenvalue weighted by Gasteiger charge is -1.98. The minimum Gasteiger partial charge on any atom is -0.248 e. The molecule has 0 aliphatic carbocycles. The van der Waals surface area contributed by atoms with E-state index < -0.39 is 10.8 Å². The fourth-order valence-corrected chi connectivity index (χ4v) is 2.69. The Morgan fingerprint density at radius 2 is 1.53 bits per heavy atom. The first-order valence-electron chi connectivity index (χ1n) is 5.83. The normalized spacial score (nSPS) is 13.6. The summed E-state index contributed by atoms with van der Waals surface area (Å²) in [7, 11) is -1.31. The molecule has 0 saturated heterocycles. The van der Waals surface area contributed by atoms with Gasteiger partial charge in [-0.15, -0.1) is 0 Å². The van der Waals surface area contributed by atoms with Crippen LogP contribution in [0.25, 0.3) is 6.08 Å². The fraction of sp³-hybridized carbons (Fsp3) is 0. The van der Waals surface area contributed by atoms with Gasteiger partial charge in [0.25, 0.3) is 0 Å². The summed E-state index contributed by atoms with van der Waals surface area (Å²) in [6.07, 6.45) is 5.39. The van der Waals surface area contributed by atoms with Crippen LogP contribution in [-0.4, -0.2) is 4.21 Å². The van der Waals surface area contributed by atoms with Gasteiger partial charge in [0.2, 0.25) is 0 Å². The Balaban J connectivity index is 2.08. The van der Waals surface area contributed by atoms with Crippen molar-refractivity contribution < 1.29 is 4.21 Å². The lowest BCUT2D eigenvalue weighted by molar-refractivity contribution is 0.688. The standard InChI is InChI=1S/C16H13ClOS/c17-16(19(18)15-11-5-2-6-12-15)13-7-10-14-8-3-1-4-9-14/h1-13H/b10-7+,16-13+.